The molecule has 9 heteroatoms. The second kappa shape index (κ2) is 38.4. The third kappa shape index (κ3) is 42.5. The van der Waals surface area contributed by atoms with Crippen molar-refractivity contribution in [2.75, 3.05) is 54.1 Å². The Labute approximate surface area is 329 Å². The molecule has 0 bridgehead atoms. The first kappa shape index (κ1) is 52.5. The van der Waals surface area contributed by atoms with Gasteiger partial charge in [0.15, 0.2) is 0 Å². The number of esters is 1. The van der Waals surface area contributed by atoms with Gasteiger partial charge in [0, 0.05) is 13.0 Å². The van der Waals surface area contributed by atoms with Gasteiger partial charge in [-0.3, -0.25) is 9.36 Å². The molecule has 0 saturated carbocycles. The van der Waals surface area contributed by atoms with E-state index in [2.05, 4.69) is 13.8 Å². The molecular weight excluding hydrogens is 685 g/mol. The molecule has 0 aliphatic carbocycles. The van der Waals surface area contributed by atoms with Crippen molar-refractivity contribution in [1.82, 2.24) is 0 Å². The standard InChI is InChI=1S/C44H90NO7P/c1-6-8-10-12-14-16-18-19-20-21-22-23-24-25-26-27-28-29-31-33-35-37-44(46)52-43(42-51-53(47,48)50-40-38-45(3,4)5)41-49-39-36-34-32-30-17-15-13-11-9-7-2/h43H,6-42H2,1-5H3. The van der Waals surface area contributed by atoms with Crippen LogP contribution in [0.25, 0.3) is 0 Å². The van der Waals surface area contributed by atoms with Crippen molar-refractivity contribution in [3.63, 3.8) is 0 Å². The fraction of sp³-hybridized carbons (Fsp3) is 0.977. The van der Waals surface area contributed by atoms with Crippen LogP contribution in [0.3, 0.4) is 0 Å². The molecule has 0 rings (SSSR count). The topological polar surface area (TPSA) is 94.1 Å². The summed E-state index contributed by atoms with van der Waals surface area (Å²) < 4.78 is 34.5. The number of phosphoric ester groups is 1. The molecule has 53 heavy (non-hydrogen) atoms. The van der Waals surface area contributed by atoms with Gasteiger partial charge in [-0.1, -0.05) is 200 Å². The number of unbranched alkanes of at least 4 members (excludes halogenated alkanes) is 29. The van der Waals surface area contributed by atoms with Gasteiger partial charge < -0.3 is 27.9 Å². The van der Waals surface area contributed by atoms with Crippen LogP contribution in [0, 0.1) is 0 Å². The molecule has 0 saturated heterocycles. The molecule has 0 aromatic rings. The van der Waals surface area contributed by atoms with E-state index in [4.69, 9.17) is 18.5 Å². The summed E-state index contributed by atoms with van der Waals surface area (Å²) >= 11 is 0. The Hall–Kier alpha value is -0.500. The van der Waals surface area contributed by atoms with E-state index in [1.807, 2.05) is 21.1 Å². The summed E-state index contributed by atoms with van der Waals surface area (Å²) in [5, 5.41) is 0. The van der Waals surface area contributed by atoms with Crippen LogP contribution in [0.1, 0.15) is 219 Å². The lowest BCUT2D eigenvalue weighted by Gasteiger charge is -2.28. The summed E-state index contributed by atoms with van der Waals surface area (Å²) in [5.74, 6) is -0.328. The predicted molar refractivity (Wildman–Crippen MR) is 222 cm³/mol. The van der Waals surface area contributed by atoms with Gasteiger partial charge in [-0.05, 0) is 12.8 Å². The van der Waals surface area contributed by atoms with Crippen molar-refractivity contribution in [1.29, 1.82) is 0 Å². The van der Waals surface area contributed by atoms with Gasteiger partial charge in [-0.15, -0.1) is 0 Å². The summed E-state index contributed by atoms with van der Waals surface area (Å²) in [6, 6.07) is 0. The van der Waals surface area contributed by atoms with Gasteiger partial charge >= 0.3 is 5.97 Å². The molecule has 0 aromatic carbocycles. The lowest BCUT2D eigenvalue weighted by Crippen LogP contribution is -2.37. The van der Waals surface area contributed by atoms with Crippen molar-refractivity contribution in [3.05, 3.63) is 0 Å². The molecule has 0 aromatic heterocycles. The van der Waals surface area contributed by atoms with Crippen molar-refractivity contribution in [2.45, 2.75) is 225 Å². The highest BCUT2D eigenvalue weighted by atomic mass is 31.2. The molecule has 0 heterocycles. The molecule has 2 atom stereocenters. The van der Waals surface area contributed by atoms with E-state index in [9.17, 15) is 14.3 Å². The van der Waals surface area contributed by atoms with E-state index >= 15 is 0 Å². The van der Waals surface area contributed by atoms with Crippen molar-refractivity contribution < 1.29 is 37.3 Å². The highest BCUT2D eigenvalue weighted by molar-refractivity contribution is 7.45. The largest absolute Gasteiger partial charge is 0.756 e. The molecule has 0 amide bonds. The van der Waals surface area contributed by atoms with Crippen LogP contribution >= 0.6 is 7.82 Å². The van der Waals surface area contributed by atoms with Crippen molar-refractivity contribution in [3.8, 4) is 0 Å². The van der Waals surface area contributed by atoms with Crippen LogP contribution in [0.2, 0.25) is 0 Å². The summed E-state index contributed by atoms with van der Waals surface area (Å²) in [4.78, 5) is 25.0. The van der Waals surface area contributed by atoms with E-state index in [1.165, 1.54) is 167 Å². The maximum atomic E-state index is 12.7. The lowest BCUT2D eigenvalue weighted by atomic mass is 10.0. The zero-order valence-corrected chi connectivity index (χ0v) is 36.9. The Morgan fingerprint density at radius 2 is 0.868 bits per heavy atom. The molecule has 0 radical (unpaired) electrons. The first-order valence-electron chi connectivity index (χ1n) is 22.8. The minimum atomic E-state index is -4.51. The van der Waals surface area contributed by atoms with Gasteiger partial charge in [0.25, 0.3) is 7.82 Å². The first-order chi connectivity index (χ1) is 25.6. The van der Waals surface area contributed by atoms with Gasteiger partial charge in [0.1, 0.15) is 19.3 Å². The monoisotopic (exact) mass is 776 g/mol. The fourth-order valence-electron chi connectivity index (χ4n) is 6.61. The predicted octanol–water partition coefficient (Wildman–Crippen LogP) is 12.6. The number of ether oxygens (including phenoxy) is 2. The molecule has 0 aliphatic rings. The van der Waals surface area contributed by atoms with E-state index < -0.39 is 13.9 Å². The number of hydrogen-bond donors (Lipinski definition) is 0. The van der Waals surface area contributed by atoms with Crippen LogP contribution in [-0.2, 0) is 27.9 Å². The minimum Gasteiger partial charge on any atom is -0.756 e. The Kier molecular flexibility index (Phi) is 38.0. The third-order valence-electron chi connectivity index (χ3n) is 10.2. The molecule has 8 nitrogen and oxygen atoms in total. The molecule has 0 N–H and O–H groups in total. The number of quaternary nitrogens is 1. The Morgan fingerprint density at radius 1 is 0.509 bits per heavy atom. The van der Waals surface area contributed by atoms with Gasteiger partial charge in [0.05, 0.1) is 34.4 Å². The zero-order chi connectivity index (χ0) is 39.1. The van der Waals surface area contributed by atoms with Crippen LogP contribution in [0.5, 0.6) is 0 Å². The molecule has 0 spiro atoms. The Morgan fingerprint density at radius 3 is 1.25 bits per heavy atom. The average molecular weight is 776 g/mol. The number of nitrogens with zero attached hydrogens (tertiary/aromatic N) is 1. The third-order valence-corrected chi connectivity index (χ3v) is 11.1. The van der Waals surface area contributed by atoms with Crippen LogP contribution < -0.4 is 4.89 Å². The highest BCUT2D eigenvalue weighted by Crippen LogP contribution is 2.38. The molecule has 318 valence electrons. The number of hydrogen-bond acceptors (Lipinski definition) is 7. The summed E-state index contributed by atoms with van der Waals surface area (Å²) in [5.41, 5.74) is 0. The molecule has 2 unspecified atom stereocenters. The lowest BCUT2D eigenvalue weighted by molar-refractivity contribution is -0.870. The van der Waals surface area contributed by atoms with Crippen LogP contribution in [0.4, 0.5) is 0 Å². The normalized spacial score (nSPS) is 13.7. The van der Waals surface area contributed by atoms with E-state index in [0.29, 0.717) is 24.1 Å². The van der Waals surface area contributed by atoms with Crippen molar-refractivity contribution >= 4 is 13.8 Å². The number of likely N-dealkylation sites (N-methyl/N-ethyl adjacent to an activating group) is 1. The molecule has 0 aliphatic heterocycles. The van der Waals surface area contributed by atoms with Gasteiger partial charge in [0.2, 0.25) is 0 Å². The van der Waals surface area contributed by atoms with Gasteiger partial charge in [-0.2, -0.15) is 0 Å². The smallest absolute Gasteiger partial charge is 0.306 e. The SMILES string of the molecule is CCCCCCCCCCCCCCCCCCCCCCCC(=O)OC(COCCCCCCCCCCCC)COP(=O)([O-])OCC[N+](C)(C)C. The summed E-state index contributed by atoms with van der Waals surface area (Å²) in [7, 11) is 1.37. The summed E-state index contributed by atoms with van der Waals surface area (Å²) in [6.45, 7) is 5.46. The number of carbonyl (C=O) groups is 1. The average Bonchev–Trinajstić information content (AvgIpc) is 3.11. The highest BCUT2D eigenvalue weighted by Gasteiger charge is 2.20. The first-order valence-corrected chi connectivity index (χ1v) is 24.2. The number of carbonyl (C=O) groups excluding carboxylic acids is 1. The maximum Gasteiger partial charge on any atom is 0.306 e. The van der Waals surface area contributed by atoms with Crippen LogP contribution in [0.15, 0.2) is 0 Å². The summed E-state index contributed by atoms with van der Waals surface area (Å²) in [6.07, 6.45) is 39.7. The second-order valence-corrected chi connectivity index (χ2v) is 18.2. The minimum absolute atomic E-state index is 0.0312. The van der Waals surface area contributed by atoms with E-state index in [-0.39, 0.29) is 25.8 Å². The quantitative estimate of drug-likeness (QED) is 0.0263. The molecule has 0 fully saturated rings. The zero-order valence-electron chi connectivity index (χ0n) is 36.0. The maximum absolute atomic E-state index is 12.7. The Bertz CT molecular complexity index is 822. The fourth-order valence-corrected chi connectivity index (χ4v) is 7.34. The number of rotatable bonds is 43. The van der Waals surface area contributed by atoms with E-state index in [1.54, 1.807) is 0 Å². The second-order valence-electron chi connectivity index (χ2n) is 16.8. The van der Waals surface area contributed by atoms with E-state index in [0.717, 1.165) is 32.1 Å². The van der Waals surface area contributed by atoms with Crippen molar-refractivity contribution in [2.24, 2.45) is 0 Å². The molecular formula is C44H90NO7P. The van der Waals surface area contributed by atoms with Gasteiger partial charge in [-0.25, -0.2) is 0 Å². The number of phosphoric acid groups is 1. The Balaban J connectivity index is 4.07. The van der Waals surface area contributed by atoms with Crippen LogP contribution in [-0.4, -0.2) is 70.7 Å².